The van der Waals surface area contributed by atoms with Crippen LogP contribution < -0.4 is 10.9 Å². The Bertz CT molecular complexity index is 557. The number of amides is 1. The van der Waals surface area contributed by atoms with Gasteiger partial charge in [0.05, 0.1) is 0 Å². The molecule has 20 heavy (non-hydrogen) atoms. The van der Waals surface area contributed by atoms with Gasteiger partial charge < -0.3 is 14.6 Å². The molecule has 5 nitrogen and oxygen atoms in total. The molecule has 0 unspecified atom stereocenters. The second-order valence-corrected chi connectivity index (χ2v) is 5.46. The van der Waals surface area contributed by atoms with Crippen molar-refractivity contribution in [1.29, 1.82) is 0 Å². The first-order valence-electron chi connectivity index (χ1n) is 7.04. The summed E-state index contributed by atoms with van der Waals surface area (Å²) in [5.74, 6) is 0.241. The van der Waals surface area contributed by atoms with Gasteiger partial charge in [-0.25, -0.2) is 0 Å². The standard InChI is InChI=1S/C15H22N2O3/c1-10-8-13(15(19)17(3)11(10)2)14(18)16-6-4-12-5-7-20-9-12/h8,12H,4-7,9H2,1-3H3,(H,16,18)/t12-/m1/s1. The van der Waals surface area contributed by atoms with Crippen molar-refractivity contribution in [1.82, 2.24) is 9.88 Å². The molecular formula is C15H22N2O3. The lowest BCUT2D eigenvalue weighted by molar-refractivity contribution is 0.0948. The number of hydrogen-bond acceptors (Lipinski definition) is 3. The van der Waals surface area contributed by atoms with Crippen molar-refractivity contribution in [3.8, 4) is 0 Å². The molecule has 0 saturated carbocycles. The van der Waals surface area contributed by atoms with Crippen molar-refractivity contribution in [3.05, 3.63) is 33.2 Å². The van der Waals surface area contributed by atoms with Gasteiger partial charge in [0, 0.05) is 32.5 Å². The van der Waals surface area contributed by atoms with E-state index in [2.05, 4.69) is 5.32 Å². The average Bonchev–Trinajstić information content (AvgIpc) is 2.93. The Hall–Kier alpha value is -1.62. The zero-order chi connectivity index (χ0) is 14.7. The van der Waals surface area contributed by atoms with Crippen LogP contribution in [0.25, 0.3) is 0 Å². The van der Waals surface area contributed by atoms with E-state index in [0.717, 1.165) is 37.3 Å². The Labute approximate surface area is 118 Å². The minimum Gasteiger partial charge on any atom is -0.381 e. The molecule has 2 rings (SSSR count). The van der Waals surface area contributed by atoms with Gasteiger partial charge in [-0.3, -0.25) is 9.59 Å². The van der Waals surface area contributed by atoms with E-state index in [0.29, 0.717) is 12.5 Å². The summed E-state index contributed by atoms with van der Waals surface area (Å²) in [6.07, 6.45) is 1.96. The Kier molecular flexibility index (Phi) is 4.60. The molecule has 1 saturated heterocycles. The van der Waals surface area contributed by atoms with Gasteiger partial charge in [0.25, 0.3) is 11.5 Å². The zero-order valence-corrected chi connectivity index (χ0v) is 12.4. The maximum atomic E-state index is 12.1. The van der Waals surface area contributed by atoms with Gasteiger partial charge in [-0.2, -0.15) is 0 Å². The van der Waals surface area contributed by atoms with Crippen LogP contribution in [0.5, 0.6) is 0 Å². The summed E-state index contributed by atoms with van der Waals surface area (Å²) in [7, 11) is 1.69. The Morgan fingerprint density at radius 2 is 2.25 bits per heavy atom. The zero-order valence-electron chi connectivity index (χ0n) is 12.4. The number of aryl methyl sites for hydroxylation is 1. The highest BCUT2D eigenvalue weighted by Crippen LogP contribution is 2.15. The van der Waals surface area contributed by atoms with E-state index < -0.39 is 0 Å². The number of nitrogens with one attached hydrogen (secondary N) is 1. The van der Waals surface area contributed by atoms with Crippen LogP contribution in [0.4, 0.5) is 0 Å². The van der Waals surface area contributed by atoms with Gasteiger partial charge in [0.15, 0.2) is 0 Å². The molecule has 1 aliphatic rings. The molecule has 110 valence electrons. The lowest BCUT2D eigenvalue weighted by Gasteiger charge is -2.12. The molecule has 1 aromatic rings. The largest absolute Gasteiger partial charge is 0.381 e. The van der Waals surface area contributed by atoms with E-state index >= 15 is 0 Å². The molecule has 2 heterocycles. The molecule has 0 aliphatic carbocycles. The summed E-state index contributed by atoms with van der Waals surface area (Å²) >= 11 is 0. The first kappa shape index (κ1) is 14.8. The number of nitrogens with zero attached hydrogens (tertiary/aromatic N) is 1. The minimum absolute atomic E-state index is 0.221. The highest BCUT2D eigenvalue weighted by Gasteiger charge is 2.17. The molecule has 0 radical (unpaired) electrons. The summed E-state index contributed by atoms with van der Waals surface area (Å²) in [5, 5.41) is 2.83. The van der Waals surface area contributed by atoms with E-state index in [1.54, 1.807) is 13.1 Å². The second-order valence-electron chi connectivity index (χ2n) is 5.46. The van der Waals surface area contributed by atoms with Crippen molar-refractivity contribution in [2.75, 3.05) is 19.8 Å². The minimum atomic E-state index is -0.285. The normalized spacial score (nSPS) is 18.2. The van der Waals surface area contributed by atoms with E-state index in [1.807, 2.05) is 13.8 Å². The molecule has 0 aromatic carbocycles. The third-order valence-electron chi connectivity index (χ3n) is 4.08. The van der Waals surface area contributed by atoms with Crippen LogP contribution >= 0.6 is 0 Å². The third kappa shape index (κ3) is 3.10. The predicted molar refractivity (Wildman–Crippen MR) is 77.0 cm³/mol. The highest BCUT2D eigenvalue weighted by molar-refractivity contribution is 5.94. The first-order chi connectivity index (χ1) is 9.50. The van der Waals surface area contributed by atoms with Crippen LogP contribution in [0.15, 0.2) is 10.9 Å². The Morgan fingerprint density at radius 1 is 1.50 bits per heavy atom. The molecule has 1 N–H and O–H groups in total. The average molecular weight is 278 g/mol. The number of hydrogen-bond donors (Lipinski definition) is 1. The summed E-state index contributed by atoms with van der Waals surface area (Å²) in [6.45, 7) is 5.96. The quantitative estimate of drug-likeness (QED) is 0.899. The molecule has 1 amide bonds. The molecule has 1 aliphatic heterocycles. The van der Waals surface area contributed by atoms with Crippen LogP contribution in [0.3, 0.4) is 0 Å². The van der Waals surface area contributed by atoms with Gasteiger partial charge in [0.1, 0.15) is 5.56 Å². The highest BCUT2D eigenvalue weighted by atomic mass is 16.5. The van der Waals surface area contributed by atoms with Crippen molar-refractivity contribution >= 4 is 5.91 Å². The smallest absolute Gasteiger partial charge is 0.263 e. The van der Waals surface area contributed by atoms with E-state index in [9.17, 15) is 9.59 Å². The summed E-state index contributed by atoms with van der Waals surface area (Å²) < 4.78 is 6.82. The number of aromatic nitrogens is 1. The molecule has 1 aromatic heterocycles. The van der Waals surface area contributed by atoms with Gasteiger partial charge in [0.2, 0.25) is 0 Å². The van der Waals surface area contributed by atoms with Gasteiger partial charge in [-0.15, -0.1) is 0 Å². The van der Waals surface area contributed by atoms with Crippen molar-refractivity contribution in [2.45, 2.75) is 26.7 Å². The van der Waals surface area contributed by atoms with Crippen LogP contribution in [-0.2, 0) is 11.8 Å². The van der Waals surface area contributed by atoms with E-state index in [1.165, 1.54) is 4.57 Å². The Balaban J connectivity index is 2.00. The summed E-state index contributed by atoms with van der Waals surface area (Å²) in [6, 6.07) is 1.67. The monoisotopic (exact) mass is 278 g/mol. The summed E-state index contributed by atoms with van der Waals surface area (Å²) in [5.41, 5.74) is 1.81. The first-order valence-corrected chi connectivity index (χ1v) is 7.04. The van der Waals surface area contributed by atoms with Crippen LogP contribution in [0.1, 0.15) is 34.5 Å². The molecular weight excluding hydrogens is 256 g/mol. The van der Waals surface area contributed by atoms with Crippen LogP contribution in [-0.4, -0.2) is 30.2 Å². The summed E-state index contributed by atoms with van der Waals surface area (Å²) in [4.78, 5) is 24.2. The third-order valence-corrected chi connectivity index (χ3v) is 4.08. The number of carbonyl (C=O) groups excluding carboxylic acids is 1. The maximum Gasteiger partial charge on any atom is 0.263 e. The Morgan fingerprint density at radius 3 is 2.90 bits per heavy atom. The maximum absolute atomic E-state index is 12.1. The van der Waals surface area contributed by atoms with Gasteiger partial charge >= 0.3 is 0 Å². The molecule has 1 atom stereocenters. The molecule has 0 spiro atoms. The van der Waals surface area contributed by atoms with Crippen molar-refractivity contribution in [2.24, 2.45) is 13.0 Å². The lowest BCUT2D eigenvalue weighted by atomic mass is 10.1. The molecule has 5 heteroatoms. The topological polar surface area (TPSA) is 60.3 Å². The predicted octanol–water partition coefficient (Wildman–Crippen LogP) is 1.16. The SMILES string of the molecule is Cc1cc(C(=O)NCC[C@@H]2CCOC2)c(=O)n(C)c1C. The van der Waals surface area contributed by atoms with E-state index in [-0.39, 0.29) is 17.0 Å². The van der Waals surface area contributed by atoms with Crippen LogP contribution in [0, 0.1) is 19.8 Å². The van der Waals surface area contributed by atoms with Crippen molar-refractivity contribution in [3.63, 3.8) is 0 Å². The number of pyridine rings is 1. The second kappa shape index (κ2) is 6.22. The molecule has 1 fully saturated rings. The fourth-order valence-electron chi connectivity index (χ4n) is 2.44. The number of carbonyl (C=O) groups is 1. The van der Waals surface area contributed by atoms with Gasteiger partial charge in [-0.05, 0) is 44.2 Å². The fraction of sp³-hybridized carbons (Fsp3) is 0.600. The van der Waals surface area contributed by atoms with E-state index in [4.69, 9.17) is 4.74 Å². The molecule has 0 bridgehead atoms. The van der Waals surface area contributed by atoms with Crippen LogP contribution in [0.2, 0.25) is 0 Å². The lowest BCUT2D eigenvalue weighted by Crippen LogP contribution is -2.34. The number of rotatable bonds is 4. The van der Waals surface area contributed by atoms with Gasteiger partial charge in [-0.1, -0.05) is 0 Å². The fourth-order valence-corrected chi connectivity index (χ4v) is 2.44. The van der Waals surface area contributed by atoms with Crippen molar-refractivity contribution < 1.29 is 9.53 Å². The number of ether oxygens (including phenoxy) is 1.